The van der Waals surface area contributed by atoms with Crippen molar-refractivity contribution in [1.82, 2.24) is 0 Å². The smallest absolute Gasteiger partial charge is 0.143 e. The number of thiophene rings is 1. The zero-order valence-electron chi connectivity index (χ0n) is 29.8. The highest BCUT2D eigenvalue weighted by atomic mass is 32.1. The maximum Gasteiger partial charge on any atom is 0.143 e. The number of nitrogens with zero attached hydrogens (tertiary/aromatic N) is 1. The van der Waals surface area contributed by atoms with Crippen LogP contribution in [0.5, 0.6) is 0 Å². The molecule has 0 radical (unpaired) electrons. The lowest BCUT2D eigenvalue weighted by molar-refractivity contribution is 0.670. The van der Waals surface area contributed by atoms with E-state index in [0.29, 0.717) is 0 Å². The summed E-state index contributed by atoms with van der Waals surface area (Å²) in [6.45, 7) is 0. The van der Waals surface area contributed by atoms with Gasteiger partial charge in [0.1, 0.15) is 11.2 Å². The molecule has 0 amide bonds. The molecule has 0 unspecified atom stereocenters. The van der Waals surface area contributed by atoms with Crippen molar-refractivity contribution in [2.45, 2.75) is 0 Å². The average molecular weight is 720 g/mol. The number of anilines is 3. The van der Waals surface area contributed by atoms with Gasteiger partial charge in [-0.3, -0.25) is 0 Å². The molecule has 0 aliphatic rings. The maximum absolute atomic E-state index is 6.56. The van der Waals surface area contributed by atoms with Crippen LogP contribution in [0.25, 0.3) is 86.3 Å². The summed E-state index contributed by atoms with van der Waals surface area (Å²) in [5, 5.41) is 7.27. The molecule has 0 saturated heterocycles. The minimum absolute atomic E-state index is 0.900. The summed E-state index contributed by atoms with van der Waals surface area (Å²) in [4.78, 5) is 2.48. The van der Waals surface area contributed by atoms with Crippen LogP contribution in [-0.2, 0) is 0 Å². The molecular weight excluding hydrogens is 687 g/mol. The Hall–Kier alpha value is -6.94. The minimum Gasteiger partial charge on any atom is -0.455 e. The first-order valence-electron chi connectivity index (χ1n) is 18.7. The summed E-state index contributed by atoms with van der Waals surface area (Å²) < 4.78 is 9.10. The van der Waals surface area contributed by atoms with Crippen molar-refractivity contribution >= 4 is 81.3 Å². The molecule has 2 nitrogen and oxygen atoms in total. The fraction of sp³-hybridized carbons (Fsp3) is 0. The summed E-state index contributed by atoms with van der Waals surface area (Å²) in [6.07, 6.45) is 0. The standard InChI is InChI=1S/C52H33NOS/c1-2-14-35(15-3-1)41-31-30-37(40-23-11-17-34-16-4-5-20-39(34)40)33-48(41)53(47-27-13-26-46-44-22-7-9-29-50(44)55-52(46)47)38-19-10-18-36(32-38)42-24-12-25-45-43-21-6-8-28-49(43)54-51(42)45/h1-33H. The highest BCUT2D eigenvalue weighted by Gasteiger charge is 2.23. The third-order valence-corrected chi connectivity index (χ3v) is 12.1. The summed E-state index contributed by atoms with van der Waals surface area (Å²) in [7, 11) is 0. The molecule has 0 aliphatic carbocycles. The predicted molar refractivity (Wildman–Crippen MR) is 235 cm³/mol. The van der Waals surface area contributed by atoms with Crippen molar-refractivity contribution in [2.75, 3.05) is 4.90 Å². The second kappa shape index (κ2) is 12.9. The molecule has 2 heterocycles. The second-order valence-corrected chi connectivity index (χ2v) is 15.1. The highest BCUT2D eigenvalue weighted by molar-refractivity contribution is 7.26. The van der Waals surface area contributed by atoms with Gasteiger partial charge in [0.15, 0.2) is 0 Å². The van der Waals surface area contributed by atoms with Gasteiger partial charge in [0.05, 0.1) is 16.1 Å². The van der Waals surface area contributed by atoms with E-state index >= 15 is 0 Å². The maximum atomic E-state index is 6.56. The zero-order chi connectivity index (χ0) is 36.3. The molecule has 9 aromatic carbocycles. The molecule has 0 saturated carbocycles. The normalized spacial score (nSPS) is 11.6. The van der Waals surface area contributed by atoms with Crippen molar-refractivity contribution < 1.29 is 4.42 Å². The fourth-order valence-corrected chi connectivity index (χ4v) is 9.53. The SMILES string of the molecule is c1ccc(-c2ccc(-c3cccc4ccccc34)cc2N(c2cccc(-c3cccc4c3oc3ccccc34)c2)c2cccc3c2sc2ccccc23)cc1. The minimum atomic E-state index is 0.900. The van der Waals surface area contributed by atoms with Gasteiger partial charge in [0.25, 0.3) is 0 Å². The molecule has 3 heteroatoms. The van der Waals surface area contributed by atoms with E-state index in [0.717, 1.165) is 55.7 Å². The van der Waals surface area contributed by atoms with Crippen LogP contribution in [-0.4, -0.2) is 0 Å². The first-order valence-corrected chi connectivity index (χ1v) is 19.5. The molecule has 258 valence electrons. The van der Waals surface area contributed by atoms with Gasteiger partial charge in [-0.05, 0) is 69.4 Å². The van der Waals surface area contributed by atoms with E-state index in [1.54, 1.807) is 0 Å². The Bertz CT molecular complexity index is 3220. The van der Waals surface area contributed by atoms with E-state index in [9.17, 15) is 0 Å². The fourth-order valence-electron chi connectivity index (χ4n) is 8.33. The molecule has 11 aromatic rings. The third kappa shape index (κ3) is 5.24. The third-order valence-electron chi connectivity index (χ3n) is 10.9. The van der Waals surface area contributed by atoms with Gasteiger partial charge >= 0.3 is 0 Å². The quantitative estimate of drug-likeness (QED) is 0.170. The van der Waals surface area contributed by atoms with Crippen molar-refractivity contribution in [3.8, 4) is 33.4 Å². The number of benzene rings is 9. The summed E-state index contributed by atoms with van der Waals surface area (Å²) in [6, 6.07) is 72.3. The van der Waals surface area contributed by atoms with Gasteiger partial charge in [-0.2, -0.15) is 0 Å². The Morgan fingerprint density at radius 3 is 1.96 bits per heavy atom. The summed E-state index contributed by atoms with van der Waals surface area (Å²) in [5.74, 6) is 0. The summed E-state index contributed by atoms with van der Waals surface area (Å²) >= 11 is 1.86. The molecule has 11 rings (SSSR count). The molecular formula is C52H33NOS. The van der Waals surface area contributed by atoms with E-state index < -0.39 is 0 Å². The molecule has 55 heavy (non-hydrogen) atoms. The Morgan fingerprint density at radius 1 is 0.382 bits per heavy atom. The lowest BCUT2D eigenvalue weighted by Crippen LogP contribution is -2.12. The van der Waals surface area contributed by atoms with Gasteiger partial charge in [-0.1, -0.05) is 164 Å². The largest absolute Gasteiger partial charge is 0.455 e. The monoisotopic (exact) mass is 719 g/mol. The predicted octanol–water partition coefficient (Wildman–Crippen LogP) is 15.6. The van der Waals surface area contributed by atoms with Crippen LogP contribution in [0.1, 0.15) is 0 Å². The van der Waals surface area contributed by atoms with Crippen LogP contribution in [0.15, 0.2) is 205 Å². The Morgan fingerprint density at radius 2 is 1.04 bits per heavy atom. The van der Waals surface area contributed by atoms with Gasteiger partial charge < -0.3 is 9.32 Å². The van der Waals surface area contributed by atoms with E-state index in [1.165, 1.54) is 47.6 Å². The van der Waals surface area contributed by atoms with Crippen LogP contribution < -0.4 is 4.90 Å². The number of hydrogen-bond donors (Lipinski definition) is 0. The van der Waals surface area contributed by atoms with Gasteiger partial charge in [0, 0.05) is 43.1 Å². The average Bonchev–Trinajstić information content (AvgIpc) is 3.83. The first kappa shape index (κ1) is 31.6. The van der Waals surface area contributed by atoms with Crippen LogP contribution in [0.3, 0.4) is 0 Å². The molecule has 2 aromatic heterocycles. The Labute approximate surface area is 322 Å². The molecule has 0 N–H and O–H groups in total. The van der Waals surface area contributed by atoms with Crippen LogP contribution in [0.4, 0.5) is 17.1 Å². The molecule has 0 bridgehead atoms. The first-order chi connectivity index (χ1) is 27.3. The molecule has 0 fully saturated rings. The van der Waals surface area contributed by atoms with E-state index in [2.05, 4.69) is 199 Å². The second-order valence-electron chi connectivity index (χ2n) is 14.0. The molecule has 0 atom stereocenters. The Kier molecular flexibility index (Phi) is 7.39. The van der Waals surface area contributed by atoms with Crippen LogP contribution in [0, 0.1) is 0 Å². The molecule has 0 aliphatic heterocycles. The van der Waals surface area contributed by atoms with E-state index in [-0.39, 0.29) is 0 Å². The van der Waals surface area contributed by atoms with Gasteiger partial charge in [-0.15, -0.1) is 11.3 Å². The number of para-hydroxylation sites is 2. The van der Waals surface area contributed by atoms with Crippen molar-refractivity contribution in [1.29, 1.82) is 0 Å². The topological polar surface area (TPSA) is 16.4 Å². The Balaban J connectivity index is 1.21. The molecule has 0 spiro atoms. The number of furan rings is 1. The lowest BCUT2D eigenvalue weighted by atomic mass is 9.94. The van der Waals surface area contributed by atoms with Gasteiger partial charge in [-0.25, -0.2) is 0 Å². The number of fused-ring (bicyclic) bond motifs is 7. The van der Waals surface area contributed by atoms with Crippen molar-refractivity contribution in [2.24, 2.45) is 0 Å². The number of rotatable bonds is 6. The lowest BCUT2D eigenvalue weighted by Gasteiger charge is -2.29. The summed E-state index contributed by atoms with van der Waals surface area (Å²) in [5.41, 5.74) is 12.0. The van der Waals surface area contributed by atoms with Gasteiger partial charge in [0.2, 0.25) is 0 Å². The van der Waals surface area contributed by atoms with Crippen molar-refractivity contribution in [3.05, 3.63) is 200 Å². The highest BCUT2D eigenvalue weighted by Crippen LogP contribution is 2.49. The van der Waals surface area contributed by atoms with Crippen LogP contribution in [0.2, 0.25) is 0 Å². The van der Waals surface area contributed by atoms with E-state index in [1.807, 2.05) is 17.4 Å². The van der Waals surface area contributed by atoms with E-state index in [4.69, 9.17) is 4.42 Å². The zero-order valence-corrected chi connectivity index (χ0v) is 30.6. The van der Waals surface area contributed by atoms with Crippen molar-refractivity contribution in [3.63, 3.8) is 0 Å². The van der Waals surface area contributed by atoms with Crippen LogP contribution >= 0.6 is 11.3 Å². The number of hydrogen-bond acceptors (Lipinski definition) is 3.